The summed E-state index contributed by atoms with van der Waals surface area (Å²) >= 11 is 0. The zero-order valence-corrected chi connectivity index (χ0v) is 10.2. The first-order chi connectivity index (χ1) is 6.83. The van der Waals surface area contributed by atoms with Gasteiger partial charge in [0.2, 0.25) is 0 Å². The molecule has 0 spiro atoms. The van der Waals surface area contributed by atoms with Crippen LogP contribution in [-0.2, 0) is 47.2 Å². The van der Waals surface area contributed by atoms with E-state index in [4.69, 9.17) is 16.8 Å². The van der Waals surface area contributed by atoms with Crippen LogP contribution in [0.5, 0.6) is 0 Å². The number of hydrogen-bond acceptors (Lipinski definition) is 8. The van der Waals surface area contributed by atoms with Gasteiger partial charge in [-0.1, -0.05) is 0 Å². The molecular formula is C2F6Li2O6S2. The Bertz CT molecular complexity index is 295. The minimum absolute atomic E-state index is 0. The molecule has 0 heterocycles. The molecule has 0 atom stereocenters. The van der Waals surface area contributed by atoms with Crippen molar-refractivity contribution in [3.8, 4) is 0 Å². The Balaban J connectivity index is -0.0000000980. The topological polar surface area (TPSA) is 86.7 Å². The van der Waals surface area contributed by atoms with E-state index >= 15 is 0 Å². The molecule has 0 bridgehead atoms. The Labute approximate surface area is 124 Å². The number of halogens is 6. The first-order valence-corrected chi connectivity index (χ1v) is 4.54. The van der Waals surface area contributed by atoms with Gasteiger partial charge < -0.3 is 25.2 Å². The van der Waals surface area contributed by atoms with E-state index in [2.05, 4.69) is 8.37 Å². The van der Waals surface area contributed by atoms with E-state index in [-0.39, 0.29) is 37.7 Å². The zero-order chi connectivity index (χ0) is 13.6. The maximum absolute atomic E-state index is 10.7. The van der Waals surface area contributed by atoms with Crippen LogP contribution in [0.1, 0.15) is 0 Å². The first-order valence-electron chi connectivity index (χ1n) is 2.54. The summed E-state index contributed by atoms with van der Waals surface area (Å²) in [5, 5.41) is 0. The van der Waals surface area contributed by atoms with Crippen LogP contribution in [0, 0.1) is 0 Å². The van der Waals surface area contributed by atoms with Crippen LogP contribution >= 0.6 is 0 Å². The van der Waals surface area contributed by atoms with Crippen molar-refractivity contribution in [1.29, 1.82) is 0 Å². The van der Waals surface area contributed by atoms with Crippen molar-refractivity contribution in [3.63, 3.8) is 0 Å². The van der Waals surface area contributed by atoms with Gasteiger partial charge in [0.25, 0.3) is 0 Å². The van der Waals surface area contributed by atoms with E-state index in [1.165, 1.54) is 0 Å². The molecule has 0 unspecified atom stereocenters. The molecule has 0 aliphatic rings. The summed E-state index contributed by atoms with van der Waals surface area (Å²) in [6, 6.07) is 0. The Hall–Kier alpha value is 0.595. The van der Waals surface area contributed by atoms with Gasteiger partial charge in [-0.15, -0.1) is 26.3 Å². The van der Waals surface area contributed by atoms with E-state index in [1.54, 1.807) is 0 Å². The van der Waals surface area contributed by atoms with Crippen molar-refractivity contribution in [2.75, 3.05) is 0 Å². The van der Waals surface area contributed by atoms with Crippen molar-refractivity contribution >= 4 is 22.0 Å². The van der Waals surface area contributed by atoms with Crippen molar-refractivity contribution in [3.05, 3.63) is 0 Å². The van der Waals surface area contributed by atoms with Gasteiger partial charge in [-0.3, -0.25) is 0 Å². The Morgan fingerprint density at radius 1 is 0.611 bits per heavy atom. The van der Waals surface area contributed by atoms with Gasteiger partial charge in [0.05, 0.1) is 22.0 Å². The van der Waals surface area contributed by atoms with Crippen LogP contribution < -0.4 is 37.7 Å². The largest absolute Gasteiger partial charge is 1.00 e. The molecule has 0 N–H and O–H groups in total. The maximum Gasteiger partial charge on any atom is 1.00 e. The summed E-state index contributed by atoms with van der Waals surface area (Å²) in [5.74, 6) is 0. The third-order valence-corrected chi connectivity index (χ3v) is 0.975. The van der Waals surface area contributed by atoms with Crippen LogP contribution in [0.4, 0.5) is 26.3 Å². The molecule has 0 radical (unpaired) electrons. The molecule has 0 aromatic rings. The summed E-state index contributed by atoms with van der Waals surface area (Å²) in [6.45, 7) is 0. The van der Waals surface area contributed by atoms with Gasteiger partial charge in [-0.25, -0.2) is 0 Å². The predicted octanol–water partition coefficient (Wildman–Crippen LogP) is -4.50. The SMILES string of the molecule is O=[S-](=O)OC(F)(F)F.O=[S-](=O)OC(F)(F)F.[Li+].[Li+]. The standard InChI is InChI=1S/2CF3O3S.2Li/c2*2-1(3,4)7-8(5)6;;/q2*-1;2*+1. The smallest absolute Gasteiger partial charge is 0.397 e. The molecule has 18 heavy (non-hydrogen) atoms. The van der Waals surface area contributed by atoms with E-state index in [0.717, 1.165) is 0 Å². The molecule has 0 saturated heterocycles. The number of rotatable bonds is 2. The second-order valence-corrected chi connectivity index (χ2v) is 2.62. The van der Waals surface area contributed by atoms with E-state index < -0.39 is 34.7 Å². The summed E-state index contributed by atoms with van der Waals surface area (Å²) in [6.07, 6.45) is -10.2. The van der Waals surface area contributed by atoms with Crippen LogP contribution in [-0.4, -0.2) is 12.7 Å². The second kappa shape index (κ2) is 11.4. The van der Waals surface area contributed by atoms with Crippen LogP contribution in [0.25, 0.3) is 0 Å². The fraction of sp³-hybridized carbons (Fsp3) is 1.00. The molecule has 0 amide bonds. The third kappa shape index (κ3) is 36.0. The molecule has 100 valence electrons. The Morgan fingerprint density at radius 2 is 0.778 bits per heavy atom. The Morgan fingerprint density at radius 3 is 0.778 bits per heavy atom. The van der Waals surface area contributed by atoms with Crippen LogP contribution in [0.15, 0.2) is 0 Å². The molecular weight excluding hydrogens is 312 g/mol. The minimum atomic E-state index is -5.09. The summed E-state index contributed by atoms with van der Waals surface area (Å²) in [7, 11) is -7.02. The van der Waals surface area contributed by atoms with E-state index in [1.807, 2.05) is 0 Å². The molecule has 16 heteroatoms. The minimum Gasteiger partial charge on any atom is -0.397 e. The molecule has 0 saturated carbocycles. The fourth-order valence-corrected chi connectivity index (χ4v) is 0.463. The van der Waals surface area contributed by atoms with Gasteiger partial charge in [0.15, 0.2) is 0 Å². The quantitative estimate of drug-likeness (QED) is 0.290. The average molecular weight is 312 g/mol. The number of alkyl halides is 6. The molecule has 0 aliphatic heterocycles. The fourth-order valence-electron chi connectivity index (χ4n) is 0.154. The Kier molecular flexibility index (Phi) is 17.2. The summed E-state index contributed by atoms with van der Waals surface area (Å²) in [4.78, 5) is 0. The van der Waals surface area contributed by atoms with Crippen LogP contribution in [0.2, 0.25) is 0 Å². The average Bonchev–Trinajstić information content (AvgIpc) is 1.72. The molecule has 0 aliphatic carbocycles. The molecule has 0 fully saturated rings. The van der Waals surface area contributed by atoms with E-state index in [0.29, 0.717) is 0 Å². The third-order valence-electron chi connectivity index (χ3n) is 0.325. The molecule has 0 aromatic heterocycles. The number of hydrogen-bond donors (Lipinski definition) is 0. The second-order valence-electron chi connectivity index (χ2n) is 1.47. The van der Waals surface area contributed by atoms with Gasteiger partial charge >= 0.3 is 50.4 Å². The van der Waals surface area contributed by atoms with Gasteiger partial charge in [-0.05, 0) is 0 Å². The van der Waals surface area contributed by atoms with Crippen molar-refractivity contribution in [1.82, 2.24) is 0 Å². The molecule has 0 rings (SSSR count). The maximum atomic E-state index is 10.7. The monoisotopic (exact) mass is 312 g/mol. The van der Waals surface area contributed by atoms with Crippen molar-refractivity contribution in [2.24, 2.45) is 0 Å². The van der Waals surface area contributed by atoms with Gasteiger partial charge in [0, 0.05) is 0 Å². The molecule has 6 nitrogen and oxygen atoms in total. The molecule has 0 aromatic carbocycles. The van der Waals surface area contributed by atoms with Crippen LogP contribution in [0.3, 0.4) is 0 Å². The zero-order valence-electron chi connectivity index (χ0n) is 8.53. The first kappa shape index (κ1) is 27.0. The normalized spacial score (nSPS) is 11.1. The van der Waals surface area contributed by atoms with Crippen molar-refractivity contribution < 1.29 is 89.3 Å². The van der Waals surface area contributed by atoms with Gasteiger partial charge in [0.1, 0.15) is 0 Å². The van der Waals surface area contributed by atoms with Gasteiger partial charge in [-0.2, -0.15) is 0 Å². The van der Waals surface area contributed by atoms with E-state index in [9.17, 15) is 26.3 Å². The summed E-state index contributed by atoms with van der Waals surface area (Å²) in [5.41, 5.74) is 0. The summed E-state index contributed by atoms with van der Waals surface area (Å²) < 4.78 is 105. The predicted molar refractivity (Wildman–Crippen MR) is 31.8 cm³/mol. The van der Waals surface area contributed by atoms with Crippen molar-refractivity contribution in [2.45, 2.75) is 12.7 Å².